The third kappa shape index (κ3) is 4.69. The van der Waals surface area contributed by atoms with Crippen molar-refractivity contribution in [1.29, 1.82) is 0 Å². The highest BCUT2D eigenvalue weighted by Gasteiger charge is 2.02. The summed E-state index contributed by atoms with van der Waals surface area (Å²) in [5, 5.41) is 3.58. The van der Waals surface area contributed by atoms with E-state index in [1.54, 1.807) is 0 Å². The standard InChI is InChI=1S/C15H25N/c1-5-6-7-8-14(4)16-15-10-12(2)9-13(3)11-15/h9-11,14,16H,5-8H2,1-4H3. The number of benzene rings is 1. The minimum Gasteiger partial charge on any atom is -0.383 e. The Morgan fingerprint density at radius 1 is 1.06 bits per heavy atom. The highest BCUT2D eigenvalue weighted by Crippen LogP contribution is 2.16. The van der Waals surface area contributed by atoms with Crippen molar-refractivity contribution >= 4 is 5.69 Å². The van der Waals surface area contributed by atoms with E-state index in [9.17, 15) is 0 Å². The lowest BCUT2D eigenvalue weighted by atomic mass is 10.1. The predicted molar refractivity (Wildman–Crippen MR) is 73.1 cm³/mol. The molecule has 0 aliphatic heterocycles. The first-order chi connectivity index (χ1) is 7.61. The van der Waals surface area contributed by atoms with Crippen LogP contribution in [0.25, 0.3) is 0 Å². The van der Waals surface area contributed by atoms with Gasteiger partial charge in [0.2, 0.25) is 0 Å². The first-order valence-electron chi connectivity index (χ1n) is 6.46. The number of nitrogens with one attached hydrogen (secondary N) is 1. The fraction of sp³-hybridized carbons (Fsp3) is 0.600. The average molecular weight is 219 g/mol. The fourth-order valence-electron chi connectivity index (χ4n) is 2.12. The molecule has 0 heterocycles. The molecule has 1 aromatic carbocycles. The fourth-order valence-corrected chi connectivity index (χ4v) is 2.12. The SMILES string of the molecule is CCCCCC(C)Nc1cc(C)cc(C)c1. The Morgan fingerprint density at radius 2 is 1.69 bits per heavy atom. The Labute approximate surface area is 100 Å². The van der Waals surface area contributed by atoms with E-state index in [-0.39, 0.29) is 0 Å². The predicted octanol–water partition coefficient (Wildman–Crippen LogP) is 4.68. The molecule has 1 N–H and O–H groups in total. The van der Waals surface area contributed by atoms with Crippen molar-refractivity contribution in [2.24, 2.45) is 0 Å². The third-order valence-electron chi connectivity index (χ3n) is 2.88. The van der Waals surface area contributed by atoms with Gasteiger partial charge in [-0.15, -0.1) is 0 Å². The summed E-state index contributed by atoms with van der Waals surface area (Å²) in [6.07, 6.45) is 5.24. The van der Waals surface area contributed by atoms with Crippen LogP contribution in [-0.4, -0.2) is 6.04 Å². The smallest absolute Gasteiger partial charge is 0.0347 e. The van der Waals surface area contributed by atoms with Crippen molar-refractivity contribution in [3.05, 3.63) is 29.3 Å². The van der Waals surface area contributed by atoms with Crippen LogP contribution >= 0.6 is 0 Å². The summed E-state index contributed by atoms with van der Waals surface area (Å²) >= 11 is 0. The number of hydrogen-bond donors (Lipinski definition) is 1. The van der Waals surface area contributed by atoms with Gasteiger partial charge in [0.05, 0.1) is 0 Å². The maximum Gasteiger partial charge on any atom is 0.0347 e. The van der Waals surface area contributed by atoms with Gasteiger partial charge in [0.25, 0.3) is 0 Å². The van der Waals surface area contributed by atoms with Crippen LogP contribution in [-0.2, 0) is 0 Å². The van der Waals surface area contributed by atoms with Gasteiger partial charge in [0.15, 0.2) is 0 Å². The summed E-state index contributed by atoms with van der Waals surface area (Å²) in [5.41, 5.74) is 3.94. The molecule has 0 aromatic heterocycles. The van der Waals surface area contributed by atoms with E-state index in [4.69, 9.17) is 0 Å². The summed E-state index contributed by atoms with van der Waals surface area (Å²) < 4.78 is 0. The normalized spacial score (nSPS) is 12.5. The van der Waals surface area contributed by atoms with E-state index in [0.717, 1.165) is 0 Å². The van der Waals surface area contributed by atoms with Crippen molar-refractivity contribution < 1.29 is 0 Å². The topological polar surface area (TPSA) is 12.0 Å². The maximum absolute atomic E-state index is 3.58. The summed E-state index contributed by atoms with van der Waals surface area (Å²) in [6.45, 7) is 8.83. The first-order valence-corrected chi connectivity index (χ1v) is 6.46. The Bertz CT molecular complexity index is 297. The molecule has 16 heavy (non-hydrogen) atoms. The van der Waals surface area contributed by atoms with Crippen LogP contribution in [0.2, 0.25) is 0 Å². The molecule has 0 saturated carbocycles. The van der Waals surface area contributed by atoms with Gasteiger partial charge in [-0.3, -0.25) is 0 Å². The molecule has 0 fully saturated rings. The molecule has 0 bridgehead atoms. The molecule has 0 radical (unpaired) electrons. The summed E-state index contributed by atoms with van der Waals surface area (Å²) in [7, 11) is 0. The number of unbranched alkanes of at least 4 members (excludes halogenated alkanes) is 2. The summed E-state index contributed by atoms with van der Waals surface area (Å²) in [5.74, 6) is 0. The second-order valence-corrected chi connectivity index (χ2v) is 4.92. The zero-order chi connectivity index (χ0) is 12.0. The quantitative estimate of drug-likeness (QED) is 0.685. The van der Waals surface area contributed by atoms with Crippen LogP contribution in [0.1, 0.15) is 50.7 Å². The number of aryl methyl sites for hydroxylation is 2. The molecule has 1 unspecified atom stereocenters. The lowest BCUT2D eigenvalue weighted by molar-refractivity contribution is 0.615. The van der Waals surface area contributed by atoms with Crippen LogP contribution in [0.4, 0.5) is 5.69 Å². The van der Waals surface area contributed by atoms with Gasteiger partial charge >= 0.3 is 0 Å². The minimum atomic E-state index is 0.577. The molecule has 0 spiro atoms. The molecule has 1 heteroatoms. The highest BCUT2D eigenvalue weighted by atomic mass is 14.9. The Kier molecular flexibility index (Phi) is 5.37. The van der Waals surface area contributed by atoms with Gasteiger partial charge in [-0.05, 0) is 50.5 Å². The van der Waals surface area contributed by atoms with Crippen molar-refractivity contribution in [1.82, 2.24) is 0 Å². The van der Waals surface area contributed by atoms with Crippen LogP contribution < -0.4 is 5.32 Å². The van der Waals surface area contributed by atoms with Gasteiger partial charge in [0.1, 0.15) is 0 Å². The van der Waals surface area contributed by atoms with E-state index in [0.29, 0.717) is 6.04 Å². The van der Waals surface area contributed by atoms with E-state index < -0.39 is 0 Å². The van der Waals surface area contributed by atoms with Crippen LogP contribution in [0.3, 0.4) is 0 Å². The first kappa shape index (κ1) is 13.1. The molecule has 1 atom stereocenters. The van der Waals surface area contributed by atoms with E-state index in [2.05, 4.69) is 51.2 Å². The average Bonchev–Trinajstić information content (AvgIpc) is 2.16. The van der Waals surface area contributed by atoms with Gasteiger partial charge in [-0.1, -0.05) is 32.3 Å². The molecule has 90 valence electrons. The molecule has 0 aliphatic rings. The summed E-state index contributed by atoms with van der Waals surface area (Å²) in [6, 6.07) is 7.24. The third-order valence-corrected chi connectivity index (χ3v) is 2.88. The highest BCUT2D eigenvalue weighted by molar-refractivity contribution is 5.48. The van der Waals surface area contributed by atoms with Crippen LogP contribution in [0.15, 0.2) is 18.2 Å². The molecule has 1 aromatic rings. The van der Waals surface area contributed by atoms with Crippen molar-refractivity contribution in [2.45, 2.75) is 59.4 Å². The van der Waals surface area contributed by atoms with Crippen molar-refractivity contribution in [3.8, 4) is 0 Å². The van der Waals surface area contributed by atoms with Gasteiger partial charge < -0.3 is 5.32 Å². The molecular weight excluding hydrogens is 194 g/mol. The van der Waals surface area contributed by atoms with E-state index >= 15 is 0 Å². The Hall–Kier alpha value is -0.980. The van der Waals surface area contributed by atoms with Gasteiger partial charge in [-0.2, -0.15) is 0 Å². The number of hydrogen-bond acceptors (Lipinski definition) is 1. The number of anilines is 1. The zero-order valence-electron chi connectivity index (χ0n) is 11.1. The van der Waals surface area contributed by atoms with Crippen molar-refractivity contribution in [3.63, 3.8) is 0 Å². The van der Waals surface area contributed by atoms with Crippen molar-refractivity contribution in [2.75, 3.05) is 5.32 Å². The Balaban J connectivity index is 2.45. The maximum atomic E-state index is 3.58. The molecule has 0 aliphatic carbocycles. The second kappa shape index (κ2) is 6.57. The van der Waals surface area contributed by atoms with Gasteiger partial charge in [0, 0.05) is 11.7 Å². The molecule has 1 rings (SSSR count). The zero-order valence-corrected chi connectivity index (χ0v) is 11.1. The molecule has 1 nitrogen and oxygen atoms in total. The monoisotopic (exact) mass is 219 g/mol. The molecule has 0 amide bonds. The van der Waals surface area contributed by atoms with Gasteiger partial charge in [-0.25, -0.2) is 0 Å². The minimum absolute atomic E-state index is 0.577. The van der Waals surface area contributed by atoms with E-state index in [1.165, 1.54) is 42.5 Å². The van der Waals surface area contributed by atoms with Crippen LogP contribution in [0.5, 0.6) is 0 Å². The van der Waals surface area contributed by atoms with E-state index in [1.807, 2.05) is 0 Å². The van der Waals surface area contributed by atoms with Crippen LogP contribution in [0, 0.1) is 13.8 Å². The summed E-state index contributed by atoms with van der Waals surface area (Å²) in [4.78, 5) is 0. The molecular formula is C15H25N. The largest absolute Gasteiger partial charge is 0.383 e. The molecule has 0 saturated heterocycles. The lowest BCUT2D eigenvalue weighted by Crippen LogP contribution is -2.14. The number of rotatable bonds is 6. The lowest BCUT2D eigenvalue weighted by Gasteiger charge is -2.16. The second-order valence-electron chi connectivity index (χ2n) is 4.92. The Morgan fingerprint density at radius 3 is 2.25 bits per heavy atom.